The third kappa shape index (κ3) is 1.12. The maximum Gasteiger partial charge on any atom is 0.328 e. The predicted octanol–water partition coefficient (Wildman–Crippen LogP) is -0.157. The Labute approximate surface area is 68.6 Å². The molecule has 2 heterocycles. The van der Waals surface area contributed by atoms with E-state index in [0.717, 1.165) is 6.42 Å². The van der Waals surface area contributed by atoms with Gasteiger partial charge in [0.05, 0.1) is 18.8 Å². The van der Waals surface area contributed by atoms with Gasteiger partial charge in [0.1, 0.15) is 0 Å². The molecule has 0 amide bonds. The van der Waals surface area contributed by atoms with Crippen molar-refractivity contribution in [1.29, 1.82) is 0 Å². The fourth-order valence-corrected chi connectivity index (χ4v) is 1.41. The van der Waals surface area contributed by atoms with E-state index in [2.05, 4.69) is 4.98 Å². The Bertz CT molecular complexity index is 322. The zero-order valence-corrected chi connectivity index (χ0v) is 6.49. The summed E-state index contributed by atoms with van der Waals surface area (Å²) in [6, 6.07) is 0.0784. The summed E-state index contributed by atoms with van der Waals surface area (Å²) in [5, 5.41) is 8.98. The van der Waals surface area contributed by atoms with E-state index >= 15 is 0 Å². The molecule has 1 atom stereocenters. The molecular weight excluding hydrogens is 160 g/mol. The van der Waals surface area contributed by atoms with Crippen molar-refractivity contribution in [3.63, 3.8) is 0 Å². The zero-order chi connectivity index (χ0) is 8.55. The monoisotopic (exact) mass is 170 g/mol. The molecule has 2 rings (SSSR count). The van der Waals surface area contributed by atoms with Crippen LogP contribution in [-0.2, 0) is 4.74 Å². The molecule has 1 unspecified atom stereocenters. The van der Waals surface area contributed by atoms with Crippen LogP contribution in [0.15, 0.2) is 11.0 Å². The van der Waals surface area contributed by atoms with Crippen molar-refractivity contribution < 1.29 is 9.84 Å². The third-order valence-electron chi connectivity index (χ3n) is 2.03. The lowest BCUT2D eigenvalue weighted by atomic mass is 10.3. The standard InChI is InChI=1S/C7H10N2O3/c10-6-3-9(7(11)8-6)5-1-2-12-4-5/h3,5,10H,1-2,4H2,(H,8,11). The molecule has 0 saturated carbocycles. The fraction of sp³-hybridized carbons (Fsp3) is 0.571. The van der Waals surface area contributed by atoms with Gasteiger partial charge in [0.25, 0.3) is 0 Å². The van der Waals surface area contributed by atoms with Gasteiger partial charge in [0.2, 0.25) is 5.88 Å². The maximum atomic E-state index is 11.1. The first-order chi connectivity index (χ1) is 5.77. The number of ether oxygens (including phenoxy) is 1. The van der Waals surface area contributed by atoms with Crippen LogP contribution in [0, 0.1) is 0 Å². The summed E-state index contributed by atoms with van der Waals surface area (Å²) in [5.74, 6) is -0.0908. The van der Waals surface area contributed by atoms with Gasteiger partial charge in [-0.05, 0) is 6.42 Å². The average molecular weight is 170 g/mol. The van der Waals surface area contributed by atoms with Crippen molar-refractivity contribution in [2.45, 2.75) is 12.5 Å². The zero-order valence-electron chi connectivity index (χ0n) is 6.49. The van der Waals surface area contributed by atoms with Gasteiger partial charge in [0.15, 0.2) is 0 Å². The second-order valence-corrected chi connectivity index (χ2v) is 2.87. The van der Waals surface area contributed by atoms with Gasteiger partial charge in [-0.3, -0.25) is 9.55 Å². The summed E-state index contributed by atoms with van der Waals surface area (Å²) in [6.45, 7) is 1.24. The number of aromatic nitrogens is 2. The summed E-state index contributed by atoms with van der Waals surface area (Å²) in [4.78, 5) is 13.4. The number of rotatable bonds is 1. The molecule has 5 nitrogen and oxygen atoms in total. The van der Waals surface area contributed by atoms with E-state index in [1.54, 1.807) is 0 Å². The lowest BCUT2D eigenvalue weighted by Gasteiger charge is -2.05. The second kappa shape index (κ2) is 2.67. The number of hydrogen-bond donors (Lipinski definition) is 2. The molecule has 0 aromatic carbocycles. The Morgan fingerprint density at radius 2 is 2.58 bits per heavy atom. The molecule has 66 valence electrons. The van der Waals surface area contributed by atoms with Gasteiger partial charge in [-0.2, -0.15) is 0 Å². The molecule has 0 bridgehead atoms. The van der Waals surface area contributed by atoms with Crippen molar-refractivity contribution in [2.75, 3.05) is 13.2 Å². The number of H-pyrrole nitrogens is 1. The van der Waals surface area contributed by atoms with Crippen LogP contribution < -0.4 is 5.69 Å². The van der Waals surface area contributed by atoms with E-state index in [4.69, 9.17) is 9.84 Å². The van der Waals surface area contributed by atoms with Crippen LogP contribution in [0.1, 0.15) is 12.5 Å². The Morgan fingerprint density at radius 3 is 3.08 bits per heavy atom. The molecule has 0 radical (unpaired) electrons. The minimum absolute atomic E-state index is 0.0784. The van der Waals surface area contributed by atoms with Crippen LogP contribution in [-0.4, -0.2) is 27.9 Å². The van der Waals surface area contributed by atoms with Crippen LogP contribution in [0.4, 0.5) is 0 Å². The normalized spacial score (nSPS) is 23.2. The van der Waals surface area contributed by atoms with Gasteiger partial charge in [-0.15, -0.1) is 0 Å². The summed E-state index contributed by atoms with van der Waals surface area (Å²) in [6.07, 6.45) is 2.24. The van der Waals surface area contributed by atoms with Crippen LogP contribution in [0.2, 0.25) is 0 Å². The number of imidazole rings is 1. The highest BCUT2D eigenvalue weighted by Crippen LogP contribution is 2.17. The van der Waals surface area contributed by atoms with E-state index in [1.807, 2.05) is 0 Å². The summed E-state index contributed by atoms with van der Waals surface area (Å²) >= 11 is 0. The molecule has 1 aromatic rings. The quantitative estimate of drug-likeness (QED) is 0.615. The molecule has 2 N–H and O–H groups in total. The van der Waals surface area contributed by atoms with Crippen LogP contribution in [0.5, 0.6) is 5.88 Å². The van der Waals surface area contributed by atoms with E-state index in [0.29, 0.717) is 13.2 Å². The molecular formula is C7H10N2O3. The van der Waals surface area contributed by atoms with Gasteiger partial charge >= 0.3 is 5.69 Å². The highest BCUT2D eigenvalue weighted by Gasteiger charge is 2.19. The van der Waals surface area contributed by atoms with Crippen molar-refractivity contribution >= 4 is 0 Å². The van der Waals surface area contributed by atoms with Crippen molar-refractivity contribution in [3.05, 3.63) is 16.7 Å². The molecule has 5 heteroatoms. The van der Waals surface area contributed by atoms with E-state index < -0.39 is 0 Å². The lowest BCUT2D eigenvalue weighted by Crippen LogP contribution is -2.21. The minimum atomic E-state index is -0.275. The van der Waals surface area contributed by atoms with Crippen molar-refractivity contribution in [2.24, 2.45) is 0 Å². The smallest absolute Gasteiger partial charge is 0.328 e. The summed E-state index contributed by atoms with van der Waals surface area (Å²) in [7, 11) is 0. The van der Waals surface area contributed by atoms with Gasteiger partial charge in [-0.1, -0.05) is 0 Å². The second-order valence-electron chi connectivity index (χ2n) is 2.87. The SMILES string of the molecule is O=c1[nH]c(O)cn1C1CCOC1. The highest BCUT2D eigenvalue weighted by atomic mass is 16.5. The van der Waals surface area contributed by atoms with Gasteiger partial charge < -0.3 is 9.84 Å². The Balaban J connectivity index is 2.32. The number of aromatic hydroxyl groups is 1. The average Bonchev–Trinajstić information content (AvgIpc) is 2.58. The number of aromatic amines is 1. The van der Waals surface area contributed by atoms with Crippen LogP contribution in [0.3, 0.4) is 0 Å². The first-order valence-corrected chi connectivity index (χ1v) is 3.85. The predicted molar refractivity (Wildman–Crippen MR) is 41.2 cm³/mol. The van der Waals surface area contributed by atoms with E-state index in [-0.39, 0.29) is 17.6 Å². The number of nitrogens with one attached hydrogen (secondary N) is 1. The topological polar surface area (TPSA) is 67.2 Å². The van der Waals surface area contributed by atoms with Crippen molar-refractivity contribution in [3.8, 4) is 5.88 Å². The minimum Gasteiger partial charge on any atom is -0.493 e. The lowest BCUT2D eigenvalue weighted by molar-refractivity contribution is 0.186. The summed E-state index contributed by atoms with van der Waals surface area (Å²) in [5.41, 5.74) is -0.275. The highest BCUT2D eigenvalue weighted by molar-refractivity contribution is 5.02. The molecule has 12 heavy (non-hydrogen) atoms. The number of nitrogens with zero attached hydrogens (tertiary/aromatic N) is 1. The van der Waals surface area contributed by atoms with E-state index in [9.17, 15) is 4.79 Å². The van der Waals surface area contributed by atoms with Gasteiger partial charge in [0, 0.05) is 6.61 Å². The molecule has 1 aliphatic heterocycles. The fourth-order valence-electron chi connectivity index (χ4n) is 1.41. The summed E-state index contributed by atoms with van der Waals surface area (Å²) < 4.78 is 6.60. The Hall–Kier alpha value is -1.23. The Morgan fingerprint density at radius 1 is 1.75 bits per heavy atom. The van der Waals surface area contributed by atoms with Gasteiger partial charge in [-0.25, -0.2) is 4.79 Å². The first kappa shape index (κ1) is 7.42. The van der Waals surface area contributed by atoms with Crippen molar-refractivity contribution in [1.82, 2.24) is 9.55 Å². The Kier molecular flexibility index (Phi) is 1.65. The molecule has 1 saturated heterocycles. The first-order valence-electron chi connectivity index (χ1n) is 3.85. The molecule has 0 spiro atoms. The van der Waals surface area contributed by atoms with E-state index in [1.165, 1.54) is 10.8 Å². The molecule has 0 aliphatic carbocycles. The maximum absolute atomic E-state index is 11.1. The number of hydrogen-bond acceptors (Lipinski definition) is 3. The van der Waals surface area contributed by atoms with Crippen LogP contribution >= 0.6 is 0 Å². The molecule has 1 aliphatic rings. The molecule has 1 fully saturated rings. The third-order valence-corrected chi connectivity index (χ3v) is 2.03. The van der Waals surface area contributed by atoms with Crippen LogP contribution in [0.25, 0.3) is 0 Å². The molecule has 1 aromatic heterocycles. The largest absolute Gasteiger partial charge is 0.493 e.